The number of nitrogens with zero attached hydrogens (tertiary/aromatic N) is 1. The Morgan fingerprint density at radius 3 is 2.23 bits per heavy atom. The molecule has 0 unspecified atom stereocenters. The number of halogens is 1. The molecule has 0 aliphatic carbocycles. The van der Waals surface area contributed by atoms with Crippen molar-refractivity contribution in [3.8, 4) is 11.3 Å². The van der Waals surface area contributed by atoms with Crippen LogP contribution in [-0.2, 0) is 17.8 Å². The summed E-state index contributed by atoms with van der Waals surface area (Å²) in [6, 6.07) is 17.6. The number of amides is 2. The molecule has 0 aliphatic rings. The highest BCUT2D eigenvalue weighted by atomic mass is 19.1. The Morgan fingerprint density at radius 2 is 1.60 bits per heavy atom. The Bertz CT molecular complexity index is 1030. The van der Waals surface area contributed by atoms with Crippen molar-refractivity contribution >= 4 is 11.8 Å². The van der Waals surface area contributed by atoms with Gasteiger partial charge in [0, 0.05) is 25.6 Å². The molecule has 30 heavy (non-hydrogen) atoms. The average Bonchev–Trinajstić information content (AvgIpc) is 2.77. The number of rotatable bonds is 7. The van der Waals surface area contributed by atoms with Crippen LogP contribution in [0.25, 0.3) is 11.3 Å². The maximum atomic E-state index is 12.9. The molecule has 2 amide bonds. The first-order valence-electron chi connectivity index (χ1n) is 9.76. The lowest BCUT2D eigenvalue weighted by Gasteiger charge is -2.09. The van der Waals surface area contributed by atoms with E-state index < -0.39 is 0 Å². The largest absolute Gasteiger partial charge is 0.355 e. The molecule has 0 fully saturated rings. The third-order valence-corrected chi connectivity index (χ3v) is 4.85. The zero-order valence-corrected chi connectivity index (χ0v) is 17.0. The highest BCUT2D eigenvalue weighted by Gasteiger charge is 2.10. The molecule has 2 N–H and O–H groups in total. The summed E-state index contributed by atoms with van der Waals surface area (Å²) in [7, 11) is 1.59. The third kappa shape index (κ3) is 5.50. The number of carbonyl (C=O) groups excluding carboxylic acids is 2. The van der Waals surface area contributed by atoms with Gasteiger partial charge in [-0.25, -0.2) is 4.39 Å². The fourth-order valence-electron chi connectivity index (χ4n) is 3.09. The van der Waals surface area contributed by atoms with Gasteiger partial charge in [-0.3, -0.25) is 14.6 Å². The molecule has 1 aromatic heterocycles. The molecule has 1 heterocycles. The van der Waals surface area contributed by atoms with Crippen molar-refractivity contribution in [3.05, 3.63) is 88.9 Å². The van der Waals surface area contributed by atoms with Gasteiger partial charge < -0.3 is 10.6 Å². The molecule has 154 valence electrons. The first kappa shape index (κ1) is 21.2. The van der Waals surface area contributed by atoms with E-state index in [1.54, 1.807) is 25.2 Å². The van der Waals surface area contributed by atoms with E-state index in [1.807, 2.05) is 37.3 Å². The molecule has 3 rings (SSSR count). The zero-order valence-electron chi connectivity index (χ0n) is 17.0. The minimum absolute atomic E-state index is 0.0505. The fraction of sp³-hybridized carbons (Fsp3) is 0.208. The van der Waals surface area contributed by atoms with Gasteiger partial charge in [0.05, 0.1) is 17.0 Å². The van der Waals surface area contributed by atoms with E-state index in [0.29, 0.717) is 30.6 Å². The van der Waals surface area contributed by atoms with Crippen LogP contribution in [0.3, 0.4) is 0 Å². The molecule has 5 nitrogen and oxygen atoms in total. The number of pyridine rings is 1. The summed E-state index contributed by atoms with van der Waals surface area (Å²) >= 11 is 0. The number of carbonyl (C=O) groups is 2. The summed E-state index contributed by atoms with van der Waals surface area (Å²) in [5.41, 5.74) is 4.86. The van der Waals surface area contributed by atoms with Crippen LogP contribution in [0.4, 0.5) is 4.39 Å². The van der Waals surface area contributed by atoms with Crippen LogP contribution in [0.2, 0.25) is 0 Å². The van der Waals surface area contributed by atoms with Gasteiger partial charge >= 0.3 is 0 Å². The Morgan fingerprint density at radius 1 is 0.933 bits per heavy atom. The summed E-state index contributed by atoms with van der Waals surface area (Å²) in [6.07, 6.45) is 0.923. The normalized spacial score (nSPS) is 10.5. The lowest BCUT2D eigenvalue weighted by atomic mass is 10.1. The number of benzene rings is 2. The van der Waals surface area contributed by atoms with Gasteiger partial charge in [0.15, 0.2) is 0 Å². The van der Waals surface area contributed by atoms with Crippen LogP contribution < -0.4 is 10.6 Å². The highest BCUT2D eigenvalue weighted by molar-refractivity contribution is 5.95. The highest BCUT2D eigenvalue weighted by Crippen LogP contribution is 2.20. The molecular weight excluding hydrogens is 381 g/mol. The second kappa shape index (κ2) is 9.78. The minimum Gasteiger partial charge on any atom is -0.355 e. The van der Waals surface area contributed by atoms with Crippen LogP contribution in [0, 0.1) is 12.7 Å². The summed E-state index contributed by atoms with van der Waals surface area (Å²) in [5, 5.41) is 5.51. The van der Waals surface area contributed by atoms with Gasteiger partial charge in [-0.2, -0.15) is 0 Å². The first-order chi connectivity index (χ1) is 14.5. The predicted octanol–water partition coefficient (Wildman–Crippen LogP) is 3.80. The fourth-order valence-corrected chi connectivity index (χ4v) is 3.09. The summed E-state index contributed by atoms with van der Waals surface area (Å²) in [6.45, 7) is 2.24. The van der Waals surface area contributed by atoms with Crippen molar-refractivity contribution in [2.75, 3.05) is 7.05 Å². The van der Waals surface area contributed by atoms with E-state index in [4.69, 9.17) is 0 Å². The number of nitrogens with one attached hydrogen (secondary N) is 2. The Kier molecular flexibility index (Phi) is 6.91. The van der Waals surface area contributed by atoms with Crippen molar-refractivity contribution in [3.63, 3.8) is 0 Å². The van der Waals surface area contributed by atoms with E-state index in [9.17, 15) is 14.0 Å². The molecular formula is C24H24FN3O2. The van der Waals surface area contributed by atoms with Gasteiger partial charge in [0.25, 0.3) is 5.91 Å². The molecule has 0 aliphatic heterocycles. The average molecular weight is 405 g/mol. The van der Waals surface area contributed by atoms with Crippen LogP contribution in [0.1, 0.15) is 33.6 Å². The number of aromatic nitrogens is 1. The predicted molar refractivity (Wildman–Crippen MR) is 114 cm³/mol. The summed E-state index contributed by atoms with van der Waals surface area (Å²) in [5.74, 6) is -0.484. The van der Waals surface area contributed by atoms with Gasteiger partial charge in [-0.1, -0.05) is 36.4 Å². The van der Waals surface area contributed by atoms with E-state index in [-0.39, 0.29) is 17.6 Å². The Hall–Kier alpha value is -3.54. The Labute approximate surface area is 175 Å². The molecule has 0 saturated carbocycles. The molecule has 0 saturated heterocycles. The maximum absolute atomic E-state index is 12.9. The van der Waals surface area contributed by atoms with Crippen molar-refractivity contribution in [1.29, 1.82) is 0 Å². The summed E-state index contributed by atoms with van der Waals surface area (Å²) < 4.78 is 12.9. The summed E-state index contributed by atoms with van der Waals surface area (Å²) in [4.78, 5) is 28.4. The van der Waals surface area contributed by atoms with Crippen molar-refractivity contribution in [2.24, 2.45) is 0 Å². The molecule has 0 bridgehead atoms. The van der Waals surface area contributed by atoms with Gasteiger partial charge in [0.1, 0.15) is 5.82 Å². The SMILES string of the molecule is CNC(=O)c1ccc(-c2ccc(CNC(=O)CCc3ccc(F)cc3)cc2)nc1C. The monoisotopic (exact) mass is 405 g/mol. The van der Waals surface area contributed by atoms with Crippen LogP contribution in [0.5, 0.6) is 0 Å². The van der Waals surface area contributed by atoms with E-state index in [0.717, 1.165) is 22.4 Å². The minimum atomic E-state index is -0.278. The molecule has 0 radical (unpaired) electrons. The lowest BCUT2D eigenvalue weighted by Crippen LogP contribution is -2.22. The second-order valence-corrected chi connectivity index (χ2v) is 7.01. The topological polar surface area (TPSA) is 71.1 Å². The van der Waals surface area contributed by atoms with E-state index in [1.165, 1.54) is 12.1 Å². The smallest absolute Gasteiger partial charge is 0.252 e. The zero-order chi connectivity index (χ0) is 21.5. The molecule has 6 heteroatoms. The van der Waals surface area contributed by atoms with Gasteiger partial charge in [-0.15, -0.1) is 0 Å². The van der Waals surface area contributed by atoms with E-state index in [2.05, 4.69) is 15.6 Å². The lowest BCUT2D eigenvalue weighted by molar-refractivity contribution is -0.121. The standard InChI is InChI=1S/C24H24FN3O2/c1-16-21(24(30)26-2)12-13-22(28-16)19-8-3-18(4-9-19)15-27-23(29)14-7-17-5-10-20(25)11-6-17/h3-6,8-13H,7,14-15H2,1-2H3,(H,26,30)(H,27,29). The first-order valence-corrected chi connectivity index (χ1v) is 9.76. The number of hydrogen-bond donors (Lipinski definition) is 2. The molecule has 2 aromatic carbocycles. The van der Waals surface area contributed by atoms with E-state index >= 15 is 0 Å². The number of hydrogen-bond acceptors (Lipinski definition) is 3. The number of aryl methyl sites for hydroxylation is 2. The quantitative estimate of drug-likeness (QED) is 0.628. The van der Waals surface area contributed by atoms with Gasteiger partial charge in [-0.05, 0) is 48.7 Å². The van der Waals surface area contributed by atoms with Crippen molar-refractivity contribution in [2.45, 2.75) is 26.3 Å². The maximum Gasteiger partial charge on any atom is 0.252 e. The van der Waals surface area contributed by atoms with Crippen LogP contribution in [0.15, 0.2) is 60.7 Å². The third-order valence-electron chi connectivity index (χ3n) is 4.85. The Balaban J connectivity index is 1.54. The second-order valence-electron chi connectivity index (χ2n) is 7.01. The molecule has 0 spiro atoms. The van der Waals surface area contributed by atoms with Crippen LogP contribution in [-0.4, -0.2) is 23.8 Å². The van der Waals surface area contributed by atoms with Crippen molar-refractivity contribution in [1.82, 2.24) is 15.6 Å². The molecule has 3 aromatic rings. The van der Waals surface area contributed by atoms with Gasteiger partial charge in [0.2, 0.25) is 5.91 Å². The van der Waals surface area contributed by atoms with Crippen molar-refractivity contribution < 1.29 is 14.0 Å². The molecule has 0 atom stereocenters. The van der Waals surface area contributed by atoms with Crippen LogP contribution >= 0.6 is 0 Å².